The zero-order chi connectivity index (χ0) is 14.7. The molecule has 3 heterocycles. The van der Waals surface area contributed by atoms with Crippen LogP contribution < -0.4 is 5.32 Å². The molecule has 3 rings (SSSR count). The van der Waals surface area contributed by atoms with Crippen LogP contribution in [0.1, 0.15) is 43.5 Å². The Morgan fingerprint density at radius 2 is 2.33 bits per heavy atom. The smallest absolute Gasteiger partial charge is 0.220 e. The summed E-state index contributed by atoms with van der Waals surface area (Å²) in [6.07, 6.45) is 9.94. The van der Waals surface area contributed by atoms with E-state index in [-0.39, 0.29) is 11.6 Å². The Morgan fingerprint density at radius 1 is 1.48 bits per heavy atom. The largest absolute Gasteiger partial charge is 0.350 e. The molecule has 0 saturated heterocycles. The zero-order valence-electron chi connectivity index (χ0n) is 12.0. The van der Waals surface area contributed by atoms with E-state index in [0.717, 1.165) is 25.1 Å². The number of carbonyl (C=O) groups is 1. The molecule has 2 aliphatic rings. The third-order valence-corrected chi connectivity index (χ3v) is 3.99. The van der Waals surface area contributed by atoms with Gasteiger partial charge in [0.15, 0.2) is 5.66 Å². The van der Waals surface area contributed by atoms with Gasteiger partial charge in [0.25, 0.3) is 0 Å². The van der Waals surface area contributed by atoms with Crippen LogP contribution in [0.5, 0.6) is 0 Å². The van der Waals surface area contributed by atoms with E-state index >= 15 is 0 Å². The van der Waals surface area contributed by atoms with Crippen LogP contribution in [0.4, 0.5) is 0 Å². The van der Waals surface area contributed by atoms with Gasteiger partial charge in [-0.15, -0.1) is 12.3 Å². The van der Waals surface area contributed by atoms with Crippen molar-refractivity contribution in [2.45, 2.75) is 57.3 Å². The summed E-state index contributed by atoms with van der Waals surface area (Å²) < 4.78 is 2.03. The number of aromatic nitrogens is 2. The fourth-order valence-corrected chi connectivity index (χ4v) is 2.67. The highest BCUT2D eigenvalue weighted by Gasteiger charge is 2.39. The lowest BCUT2D eigenvalue weighted by atomic mass is 10.0. The van der Waals surface area contributed by atoms with Crippen LogP contribution in [0.3, 0.4) is 0 Å². The summed E-state index contributed by atoms with van der Waals surface area (Å²) in [5.74, 6) is 2.60. The van der Waals surface area contributed by atoms with Gasteiger partial charge >= 0.3 is 0 Å². The van der Waals surface area contributed by atoms with E-state index in [1.54, 1.807) is 0 Å². The number of fused-ring (bicyclic) bond motifs is 1. The third-order valence-electron chi connectivity index (χ3n) is 3.99. The van der Waals surface area contributed by atoms with Gasteiger partial charge < -0.3 is 5.32 Å². The Labute approximate surface area is 124 Å². The van der Waals surface area contributed by atoms with Gasteiger partial charge in [0, 0.05) is 37.9 Å². The fraction of sp³-hybridized carbons (Fsp3) is 0.600. The third kappa shape index (κ3) is 3.30. The summed E-state index contributed by atoms with van der Waals surface area (Å²) in [6, 6.07) is 2.08. The second-order valence-electron chi connectivity index (χ2n) is 5.62. The van der Waals surface area contributed by atoms with Gasteiger partial charge in [-0.25, -0.2) is 0 Å². The highest BCUT2D eigenvalue weighted by Crippen LogP contribution is 2.37. The molecule has 0 fully saturated rings. The molecule has 0 radical (unpaired) electrons. The van der Waals surface area contributed by atoms with Crippen molar-refractivity contribution >= 4 is 5.91 Å². The van der Waals surface area contributed by atoms with E-state index in [9.17, 15) is 4.79 Å². The molecule has 1 aromatic heterocycles. The quantitative estimate of drug-likeness (QED) is 0.776. The summed E-state index contributed by atoms with van der Waals surface area (Å²) in [5.41, 5.74) is 1.82. The van der Waals surface area contributed by atoms with Crippen molar-refractivity contribution in [3.63, 3.8) is 0 Å². The van der Waals surface area contributed by atoms with E-state index in [2.05, 4.69) is 32.6 Å². The number of nitrogens with one attached hydrogen (secondary N) is 1. The lowest BCUT2D eigenvalue weighted by Crippen LogP contribution is -2.25. The molecule has 1 N–H and O–H groups in total. The van der Waals surface area contributed by atoms with Crippen molar-refractivity contribution in [3.05, 3.63) is 17.5 Å². The summed E-state index contributed by atoms with van der Waals surface area (Å²) in [7, 11) is 0. The first-order valence-corrected chi connectivity index (χ1v) is 7.41. The van der Waals surface area contributed by atoms with Crippen LogP contribution in [0.15, 0.2) is 16.3 Å². The number of hydrogen-bond acceptors (Lipinski definition) is 4. The lowest BCUT2D eigenvalue weighted by molar-refractivity contribution is -0.121. The Morgan fingerprint density at radius 3 is 3.05 bits per heavy atom. The van der Waals surface area contributed by atoms with Gasteiger partial charge in [0.1, 0.15) is 0 Å². The van der Waals surface area contributed by atoms with Crippen molar-refractivity contribution < 1.29 is 4.79 Å². The molecule has 0 atom stereocenters. The maximum atomic E-state index is 11.9. The molecule has 0 aromatic carbocycles. The van der Waals surface area contributed by atoms with Crippen molar-refractivity contribution in [1.29, 1.82) is 0 Å². The fourth-order valence-electron chi connectivity index (χ4n) is 2.67. The summed E-state index contributed by atoms with van der Waals surface area (Å²) in [6.45, 7) is 1.48. The summed E-state index contributed by atoms with van der Waals surface area (Å²) in [4.78, 5) is 11.9. The first-order chi connectivity index (χ1) is 10.2. The van der Waals surface area contributed by atoms with Crippen LogP contribution in [-0.4, -0.2) is 21.4 Å². The first-order valence-electron chi connectivity index (χ1n) is 7.41. The number of nitrogens with zero attached hydrogens (tertiary/aromatic N) is 4. The van der Waals surface area contributed by atoms with Gasteiger partial charge in [-0.2, -0.15) is 15.3 Å². The Kier molecular flexibility index (Phi) is 3.74. The topological polar surface area (TPSA) is 71.6 Å². The van der Waals surface area contributed by atoms with Crippen molar-refractivity contribution in [2.75, 3.05) is 0 Å². The van der Waals surface area contributed by atoms with Crippen LogP contribution >= 0.6 is 0 Å². The number of amides is 1. The Hall–Kier alpha value is -2.16. The van der Waals surface area contributed by atoms with E-state index in [0.29, 0.717) is 25.8 Å². The number of carbonyl (C=O) groups excluding carboxylic acids is 1. The minimum atomic E-state index is -0.376. The highest BCUT2D eigenvalue weighted by molar-refractivity contribution is 5.75. The minimum absolute atomic E-state index is 0.0144. The number of rotatable bonds is 7. The molecule has 0 aliphatic carbocycles. The predicted octanol–water partition coefficient (Wildman–Crippen LogP) is 1.80. The molecule has 0 saturated carbocycles. The van der Waals surface area contributed by atoms with Gasteiger partial charge in [-0.3, -0.25) is 9.48 Å². The second-order valence-corrected chi connectivity index (χ2v) is 5.62. The van der Waals surface area contributed by atoms with E-state index in [1.165, 1.54) is 12.1 Å². The van der Waals surface area contributed by atoms with Crippen molar-refractivity contribution in [3.8, 4) is 12.3 Å². The number of terminal acetylenes is 1. The molecular weight excluding hydrogens is 266 g/mol. The highest BCUT2D eigenvalue weighted by atomic mass is 16.1. The maximum Gasteiger partial charge on any atom is 0.220 e. The molecule has 2 aliphatic heterocycles. The summed E-state index contributed by atoms with van der Waals surface area (Å²) in [5, 5.41) is 15.4. The van der Waals surface area contributed by atoms with Crippen LogP contribution in [0.2, 0.25) is 0 Å². The van der Waals surface area contributed by atoms with Gasteiger partial charge in [-0.05, 0) is 18.9 Å². The first kappa shape index (κ1) is 13.8. The molecule has 1 amide bonds. The van der Waals surface area contributed by atoms with Gasteiger partial charge in [0.05, 0.1) is 12.2 Å². The molecule has 0 unspecified atom stereocenters. The minimum Gasteiger partial charge on any atom is -0.350 e. The van der Waals surface area contributed by atoms with Gasteiger partial charge in [0.2, 0.25) is 5.91 Å². The van der Waals surface area contributed by atoms with Crippen molar-refractivity contribution in [2.24, 2.45) is 10.2 Å². The molecule has 6 heteroatoms. The number of aryl methyl sites for hydroxylation is 2. The maximum absolute atomic E-state index is 11.9. The predicted molar refractivity (Wildman–Crippen MR) is 77.3 cm³/mol. The standard InChI is InChI=1S/C15H19N5O/c1-2-3-7-15(18-19-15)8-6-14(21)16-11-12-10-13-5-4-9-20(13)17-12/h1,10H,3-9,11H2,(H,16,21). The molecular formula is C15H19N5O. The van der Waals surface area contributed by atoms with Crippen LogP contribution in [0.25, 0.3) is 0 Å². The average molecular weight is 285 g/mol. The number of hydrogen-bond donors (Lipinski definition) is 1. The Balaban J connectivity index is 1.39. The van der Waals surface area contributed by atoms with Gasteiger partial charge in [-0.1, -0.05) is 0 Å². The monoisotopic (exact) mass is 285 g/mol. The zero-order valence-corrected chi connectivity index (χ0v) is 12.0. The second kappa shape index (κ2) is 5.68. The molecule has 21 heavy (non-hydrogen) atoms. The molecule has 6 nitrogen and oxygen atoms in total. The van der Waals surface area contributed by atoms with E-state index in [1.807, 2.05) is 4.68 Å². The van der Waals surface area contributed by atoms with E-state index < -0.39 is 0 Å². The lowest BCUT2D eigenvalue weighted by Gasteiger charge is -2.08. The molecule has 0 bridgehead atoms. The van der Waals surface area contributed by atoms with Crippen LogP contribution in [0, 0.1) is 12.3 Å². The molecule has 1 aromatic rings. The molecule has 110 valence electrons. The summed E-state index contributed by atoms with van der Waals surface area (Å²) >= 11 is 0. The SMILES string of the molecule is C#CCCC1(CCC(=O)NCc2cc3n(n2)CCC3)N=N1. The average Bonchev–Trinajstić information content (AvgIpc) is 2.93. The Bertz CT molecular complexity index is 583. The molecule has 0 spiro atoms. The van der Waals surface area contributed by atoms with E-state index in [4.69, 9.17) is 6.42 Å². The van der Waals surface area contributed by atoms with Crippen LogP contribution in [-0.2, 0) is 24.3 Å². The normalized spacial score (nSPS) is 17.3. The van der Waals surface area contributed by atoms with Crippen molar-refractivity contribution in [1.82, 2.24) is 15.1 Å².